The van der Waals surface area contributed by atoms with Crippen LogP contribution < -0.4 is 16.2 Å². The molecule has 0 spiro atoms. The number of hydrogen-bond donors (Lipinski definition) is 3. The zero-order valence-corrected chi connectivity index (χ0v) is 16.5. The van der Waals surface area contributed by atoms with Gasteiger partial charge in [-0.2, -0.15) is 4.72 Å². The summed E-state index contributed by atoms with van der Waals surface area (Å²) in [6, 6.07) is 5.71. The molecule has 1 aromatic carbocycles. The largest absolute Gasteiger partial charge is 0.370 e. The van der Waals surface area contributed by atoms with Crippen LogP contribution in [0.15, 0.2) is 34.2 Å². The number of aryl methyl sites for hydroxylation is 1. The number of hydrogen-bond acceptors (Lipinski definition) is 4. The van der Waals surface area contributed by atoms with Crippen LogP contribution in [0.3, 0.4) is 0 Å². The topological polar surface area (TPSA) is 131 Å². The molecule has 0 saturated carbocycles. The first kappa shape index (κ1) is 21.2. The molecule has 1 atom stereocenters. The Kier molecular flexibility index (Phi) is 7.61. The maximum Gasteiger partial charge on any atom is 0.241 e. The first-order valence-corrected chi connectivity index (χ1v) is 10.7. The van der Waals surface area contributed by atoms with Crippen LogP contribution in [0.5, 0.6) is 0 Å². The monoisotopic (exact) mass is 395 g/mol. The maximum absolute atomic E-state index is 12.9. The Balaban J connectivity index is 2.13. The lowest BCUT2D eigenvalue weighted by atomic mass is 10.1. The first-order chi connectivity index (χ1) is 12.8. The molecule has 0 aromatic heterocycles. The lowest BCUT2D eigenvalue weighted by Crippen LogP contribution is -2.50. The highest BCUT2D eigenvalue weighted by Crippen LogP contribution is 2.15. The second kappa shape index (κ2) is 9.70. The Morgan fingerprint density at radius 1 is 1.19 bits per heavy atom. The van der Waals surface area contributed by atoms with Gasteiger partial charge in [-0.3, -0.25) is 9.79 Å². The number of piperidine rings is 1. The van der Waals surface area contributed by atoms with Gasteiger partial charge in [0.1, 0.15) is 6.04 Å². The van der Waals surface area contributed by atoms with Crippen molar-refractivity contribution in [1.29, 1.82) is 0 Å². The van der Waals surface area contributed by atoms with Gasteiger partial charge in [0.15, 0.2) is 5.96 Å². The first-order valence-electron chi connectivity index (χ1n) is 9.23. The summed E-state index contributed by atoms with van der Waals surface area (Å²) in [7, 11) is -3.80. The number of sulfonamides is 1. The van der Waals surface area contributed by atoms with Gasteiger partial charge in [0.2, 0.25) is 15.9 Å². The molecule has 0 aliphatic carbocycles. The quantitative estimate of drug-likeness (QED) is 0.339. The lowest BCUT2D eigenvalue weighted by molar-refractivity contribution is -0.134. The van der Waals surface area contributed by atoms with E-state index in [4.69, 9.17) is 11.5 Å². The van der Waals surface area contributed by atoms with Crippen molar-refractivity contribution >= 4 is 21.9 Å². The van der Waals surface area contributed by atoms with Crippen LogP contribution in [0.25, 0.3) is 0 Å². The number of rotatable bonds is 8. The fourth-order valence-electron chi connectivity index (χ4n) is 3.04. The van der Waals surface area contributed by atoms with Gasteiger partial charge in [0, 0.05) is 19.6 Å². The van der Waals surface area contributed by atoms with E-state index in [-0.39, 0.29) is 16.8 Å². The van der Waals surface area contributed by atoms with Crippen LogP contribution in [0, 0.1) is 6.92 Å². The molecule has 1 aliphatic rings. The maximum atomic E-state index is 12.9. The summed E-state index contributed by atoms with van der Waals surface area (Å²) in [4.78, 5) is 18.7. The lowest BCUT2D eigenvalue weighted by Gasteiger charge is -2.30. The molecule has 0 bridgehead atoms. The number of amides is 1. The van der Waals surface area contributed by atoms with Crippen molar-refractivity contribution in [1.82, 2.24) is 9.62 Å². The summed E-state index contributed by atoms with van der Waals surface area (Å²) in [5, 5.41) is 0. The number of guanidine groups is 1. The Morgan fingerprint density at radius 3 is 2.41 bits per heavy atom. The smallest absolute Gasteiger partial charge is 0.241 e. The van der Waals surface area contributed by atoms with E-state index in [0.29, 0.717) is 32.5 Å². The third-order valence-corrected chi connectivity index (χ3v) is 6.03. The molecule has 5 N–H and O–H groups in total. The van der Waals surface area contributed by atoms with Crippen molar-refractivity contribution in [2.24, 2.45) is 16.5 Å². The summed E-state index contributed by atoms with van der Waals surface area (Å²) in [5.74, 6) is -0.204. The number of nitrogens with one attached hydrogen (secondary N) is 1. The highest BCUT2D eigenvalue weighted by Gasteiger charge is 2.29. The molecule has 1 aliphatic heterocycles. The Bertz CT molecular complexity index is 752. The van der Waals surface area contributed by atoms with Gasteiger partial charge in [-0.15, -0.1) is 0 Å². The minimum absolute atomic E-state index is 0.0193. The van der Waals surface area contributed by atoms with Gasteiger partial charge in [-0.25, -0.2) is 8.42 Å². The van der Waals surface area contributed by atoms with Crippen LogP contribution in [0.4, 0.5) is 0 Å². The number of nitrogens with two attached hydrogens (primary N) is 2. The van der Waals surface area contributed by atoms with Crippen LogP contribution in [0.1, 0.15) is 37.7 Å². The highest BCUT2D eigenvalue weighted by atomic mass is 32.2. The normalized spacial score (nSPS) is 16.0. The van der Waals surface area contributed by atoms with Crippen LogP contribution in [-0.2, 0) is 14.8 Å². The van der Waals surface area contributed by atoms with Gasteiger partial charge in [0.05, 0.1) is 4.90 Å². The van der Waals surface area contributed by atoms with Crippen molar-refractivity contribution in [3.63, 3.8) is 0 Å². The highest BCUT2D eigenvalue weighted by molar-refractivity contribution is 7.89. The van der Waals surface area contributed by atoms with Crippen LogP contribution in [-0.4, -0.2) is 50.9 Å². The van der Waals surface area contributed by atoms with E-state index in [0.717, 1.165) is 24.8 Å². The number of aliphatic imine (C=N–C) groups is 1. The summed E-state index contributed by atoms with van der Waals surface area (Å²) >= 11 is 0. The number of nitrogens with zero attached hydrogens (tertiary/aromatic N) is 2. The van der Waals surface area contributed by atoms with Gasteiger partial charge >= 0.3 is 0 Å². The summed E-state index contributed by atoms with van der Waals surface area (Å²) in [5.41, 5.74) is 11.6. The van der Waals surface area contributed by atoms with Gasteiger partial charge in [-0.05, 0) is 51.2 Å². The second-order valence-electron chi connectivity index (χ2n) is 6.82. The van der Waals surface area contributed by atoms with E-state index in [1.54, 1.807) is 29.2 Å². The van der Waals surface area contributed by atoms with Crippen molar-refractivity contribution in [2.75, 3.05) is 19.6 Å². The molecule has 1 aromatic rings. The summed E-state index contributed by atoms with van der Waals surface area (Å²) in [6.45, 7) is 3.56. The molecule has 0 radical (unpaired) electrons. The van der Waals surface area contributed by atoms with E-state index < -0.39 is 16.1 Å². The van der Waals surface area contributed by atoms with E-state index >= 15 is 0 Å². The molecule has 1 unspecified atom stereocenters. The Hall–Kier alpha value is -2.13. The third-order valence-electron chi connectivity index (χ3n) is 4.54. The molecule has 1 saturated heterocycles. The number of carbonyl (C=O) groups excluding carboxylic acids is 1. The average Bonchev–Trinajstić information content (AvgIpc) is 2.64. The summed E-state index contributed by atoms with van der Waals surface area (Å²) < 4.78 is 28.0. The number of carbonyl (C=O) groups is 1. The van der Waals surface area contributed by atoms with Crippen molar-refractivity contribution in [3.05, 3.63) is 29.8 Å². The molecule has 8 nitrogen and oxygen atoms in total. The molecule has 1 amide bonds. The van der Waals surface area contributed by atoms with Crippen LogP contribution >= 0.6 is 0 Å². The predicted octanol–water partition coefficient (Wildman–Crippen LogP) is 0.708. The second-order valence-corrected chi connectivity index (χ2v) is 8.54. The molecule has 150 valence electrons. The average molecular weight is 396 g/mol. The molecule has 2 rings (SSSR count). The molecule has 1 fully saturated rings. The van der Waals surface area contributed by atoms with E-state index in [1.807, 2.05) is 6.92 Å². The SMILES string of the molecule is Cc1ccc(S(=O)(=O)NC(CCCN=C(N)N)C(=O)N2CCCCC2)cc1. The molecule has 27 heavy (non-hydrogen) atoms. The molecule has 9 heteroatoms. The van der Waals surface area contributed by atoms with Gasteiger partial charge in [0.25, 0.3) is 0 Å². The minimum Gasteiger partial charge on any atom is -0.370 e. The van der Waals surface area contributed by atoms with Crippen molar-refractivity contribution < 1.29 is 13.2 Å². The Morgan fingerprint density at radius 2 is 1.81 bits per heavy atom. The number of likely N-dealkylation sites (tertiary alicyclic amines) is 1. The molecular formula is C18H29N5O3S. The van der Waals surface area contributed by atoms with Gasteiger partial charge in [-0.1, -0.05) is 17.7 Å². The zero-order valence-electron chi connectivity index (χ0n) is 15.7. The standard InChI is InChI=1S/C18H29N5O3S/c1-14-7-9-15(10-8-14)27(25,26)22-16(6-5-11-21-18(19)20)17(24)23-12-3-2-4-13-23/h7-10,16,22H,2-6,11-13H2,1H3,(H4,19,20,21). The molecular weight excluding hydrogens is 366 g/mol. The van der Waals surface area contributed by atoms with E-state index in [1.165, 1.54) is 0 Å². The Labute approximate surface area is 161 Å². The van der Waals surface area contributed by atoms with Crippen LogP contribution in [0.2, 0.25) is 0 Å². The van der Waals surface area contributed by atoms with Crippen molar-refractivity contribution in [2.45, 2.75) is 50.0 Å². The summed E-state index contributed by atoms with van der Waals surface area (Å²) in [6.07, 6.45) is 3.80. The third kappa shape index (κ3) is 6.51. The van der Waals surface area contributed by atoms with Crippen molar-refractivity contribution in [3.8, 4) is 0 Å². The fraction of sp³-hybridized carbons (Fsp3) is 0.556. The predicted molar refractivity (Wildman–Crippen MR) is 106 cm³/mol. The number of benzene rings is 1. The van der Waals surface area contributed by atoms with E-state index in [9.17, 15) is 13.2 Å². The van der Waals surface area contributed by atoms with Gasteiger partial charge < -0.3 is 16.4 Å². The zero-order chi connectivity index (χ0) is 19.9. The van der Waals surface area contributed by atoms with E-state index in [2.05, 4.69) is 9.71 Å². The minimum atomic E-state index is -3.80. The molecule has 1 heterocycles. The fourth-order valence-corrected chi connectivity index (χ4v) is 4.27.